The summed E-state index contributed by atoms with van der Waals surface area (Å²) in [6.07, 6.45) is 1.09. The van der Waals surface area contributed by atoms with Crippen LogP contribution in [0, 0.1) is 6.92 Å². The van der Waals surface area contributed by atoms with Crippen molar-refractivity contribution in [1.82, 2.24) is 15.1 Å². The first kappa shape index (κ1) is 16.5. The molecule has 6 heteroatoms. The van der Waals surface area contributed by atoms with E-state index in [-0.39, 0.29) is 18.5 Å². The minimum atomic E-state index is -0.329. The monoisotopic (exact) mass is 281 g/mol. The fourth-order valence-electron chi connectivity index (χ4n) is 2.32. The molecule has 0 aliphatic carbocycles. The topological polar surface area (TPSA) is 76.2 Å². The summed E-state index contributed by atoms with van der Waals surface area (Å²) < 4.78 is 1.83. The summed E-state index contributed by atoms with van der Waals surface area (Å²) >= 11 is 0. The number of aromatic nitrogens is 2. The number of hydrogen-bond donors (Lipinski definition) is 2. The van der Waals surface area contributed by atoms with Crippen LogP contribution < -0.4 is 16.0 Å². The number of primary amides is 1. The van der Waals surface area contributed by atoms with E-state index in [1.807, 2.05) is 23.6 Å². The van der Waals surface area contributed by atoms with Gasteiger partial charge in [0.2, 0.25) is 5.91 Å². The second-order valence-corrected chi connectivity index (χ2v) is 5.38. The van der Waals surface area contributed by atoms with Gasteiger partial charge in [0.25, 0.3) is 0 Å². The molecule has 0 aliphatic rings. The lowest BCUT2D eigenvalue weighted by Gasteiger charge is -2.28. The Kier molecular flexibility index (Phi) is 6.01. The number of carbonyl (C=O) groups excluding carboxylic acids is 1. The van der Waals surface area contributed by atoms with E-state index in [4.69, 9.17) is 5.73 Å². The molecule has 0 fully saturated rings. The number of amides is 1. The predicted molar refractivity (Wildman–Crippen MR) is 81.6 cm³/mol. The highest BCUT2D eigenvalue weighted by Gasteiger charge is 2.22. The fraction of sp³-hybridized carbons (Fsp3) is 0.714. The van der Waals surface area contributed by atoms with Crippen LogP contribution in [0.15, 0.2) is 0 Å². The van der Waals surface area contributed by atoms with Gasteiger partial charge in [0.15, 0.2) is 0 Å². The van der Waals surface area contributed by atoms with Crippen LogP contribution in [-0.2, 0) is 18.4 Å². The average Bonchev–Trinajstić information content (AvgIpc) is 2.61. The SMILES string of the molecule is CCCNCc1c(C)nn(C)c1N(CC(N)=O)C(C)C. The lowest BCUT2D eigenvalue weighted by molar-refractivity contribution is -0.116. The van der Waals surface area contributed by atoms with Crippen LogP contribution in [0.4, 0.5) is 5.82 Å². The van der Waals surface area contributed by atoms with Gasteiger partial charge in [-0.15, -0.1) is 0 Å². The Morgan fingerprint density at radius 1 is 1.50 bits per heavy atom. The van der Waals surface area contributed by atoms with Crippen molar-refractivity contribution >= 4 is 11.7 Å². The fourth-order valence-corrected chi connectivity index (χ4v) is 2.32. The van der Waals surface area contributed by atoms with Crippen molar-refractivity contribution < 1.29 is 4.79 Å². The molecular formula is C14H27N5O. The minimum Gasteiger partial charge on any atom is -0.368 e. The standard InChI is InChI=1S/C14H27N5O/c1-6-7-16-8-12-11(4)17-18(5)14(12)19(10(2)3)9-13(15)20/h10,16H,6-9H2,1-5H3,(H2,15,20). The van der Waals surface area contributed by atoms with Gasteiger partial charge in [-0.1, -0.05) is 6.92 Å². The van der Waals surface area contributed by atoms with Crippen LogP contribution in [0.3, 0.4) is 0 Å². The maximum Gasteiger partial charge on any atom is 0.237 e. The Morgan fingerprint density at radius 3 is 2.65 bits per heavy atom. The molecule has 0 unspecified atom stereocenters. The van der Waals surface area contributed by atoms with Crippen LogP contribution in [0.2, 0.25) is 0 Å². The lowest BCUT2D eigenvalue weighted by atomic mass is 10.2. The number of carbonyl (C=O) groups is 1. The molecule has 3 N–H and O–H groups in total. The van der Waals surface area contributed by atoms with Gasteiger partial charge in [0.05, 0.1) is 12.2 Å². The Bertz CT molecular complexity index is 453. The summed E-state index contributed by atoms with van der Waals surface area (Å²) in [4.78, 5) is 13.3. The molecule has 0 atom stereocenters. The van der Waals surface area contributed by atoms with Gasteiger partial charge >= 0.3 is 0 Å². The smallest absolute Gasteiger partial charge is 0.237 e. The van der Waals surface area contributed by atoms with Crippen molar-refractivity contribution in [2.45, 2.75) is 46.7 Å². The largest absolute Gasteiger partial charge is 0.368 e. The van der Waals surface area contributed by atoms with Crippen LogP contribution in [0.1, 0.15) is 38.4 Å². The number of aryl methyl sites for hydroxylation is 2. The van der Waals surface area contributed by atoms with Gasteiger partial charge in [0.1, 0.15) is 5.82 Å². The molecular weight excluding hydrogens is 254 g/mol. The maximum atomic E-state index is 11.3. The van der Waals surface area contributed by atoms with Crippen molar-refractivity contribution in [2.24, 2.45) is 12.8 Å². The predicted octanol–water partition coefficient (Wildman–Crippen LogP) is 0.928. The molecule has 6 nitrogen and oxygen atoms in total. The molecule has 0 aliphatic heterocycles. The summed E-state index contributed by atoms with van der Waals surface area (Å²) in [5, 5.41) is 7.88. The third-order valence-corrected chi connectivity index (χ3v) is 3.26. The normalized spacial score (nSPS) is 11.1. The van der Waals surface area contributed by atoms with Crippen LogP contribution in [0.25, 0.3) is 0 Å². The van der Waals surface area contributed by atoms with E-state index in [0.717, 1.165) is 36.6 Å². The summed E-state index contributed by atoms with van der Waals surface area (Å²) in [5.74, 6) is 0.643. The molecule has 1 heterocycles. The first-order valence-electron chi connectivity index (χ1n) is 7.16. The third-order valence-electron chi connectivity index (χ3n) is 3.26. The number of nitrogens with zero attached hydrogens (tertiary/aromatic N) is 3. The van der Waals surface area contributed by atoms with Crippen molar-refractivity contribution in [1.29, 1.82) is 0 Å². The zero-order chi connectivity index (χ0) is 15.3. The minimum absolute atomic E-state index is 0.183. The Hall–Kier alpha value is -1.56. The molecule has 0 radical (unpaired) electrons. The van der Waals surface area contributed by atoms with Crippen LogP contribution in [-0.4, -0.2) is 34.8 Å². The van der Waals surface area contributed by atoms with E-state index >= 15 is 0 Å². The molecule has 0 saturated carbocycles. The second kappa shape index (κ2) is 7.28. The molecule has 1 amide bonds. The number of anilines is 1. The van der Waals surface area contributed by atoms with Crippen LogP contribution in [0.5, 0.6) is 0 Å². The van der Waals surface area contributed by atoms with Gasteiger partial charge in [-0.3, -0.25) is 9.48 Å². The van der Waals surface area contributed by atoms with Gasteiger partial charge in [-0.2, -0.15) is 5.10 Å². The second-order valence-electron chi connectivity index (χ2n) is 5.38. The van der Waals surface area contributed by atoms with Crippen molar-refractivity contribution in [2.75, 3.05) is 18.0 Å². The highest BCUT2D eigenvalue weighted by Crippen LogP contribution is 2.24. The molecule has 1 aromatic rings. The van der Waals surface area contributed by atoms with Gasteiger partial charge in [0, 0.05) is 25.2 Å². The highest BCUT2D eigenvalue weighted by molar-refractivity contribution is 5.79. The van der Waals surface area contributed by atoms with Crippen molar-refractivity contribution in [3.63, 3.8) is 0 Å². The Balaban J connectivity index is 3.09. The molecule has 1 rings (SSSR count). The van der Waals surface area contributed by atoms with Crippen LogP contribution >= 0.6 is 0 Å². The van der Waals surface area contributed by atoms with E-state index in [0.29, 0.717) is 0 Å². The molecule has 114 valence electrons. The van der Waals surface area contributed by atoms with E-state index in [2.05, 4.69) is 31.2 Å². The van der Waals surface area contributed by atoms with Gasteiger partial charge < -0.3 is 16.0 Å². The molecule has 1 aromatic heterocycles. The van der Waals surface area contributed by atoms with Crippen molar-refractivity contribution in [3.8, 4) is 0 Å². The van der Waals surface area contributed by atoms with E-state index < -0.39 is 0 Å². The molecule has 0 bridgehead atoms. The summed E-state index contributed by atoms with van der Waals surface area (Å²) in [6.45, 7) is 10.2. The Morgan fingerprint density at radius 2 is 2.15 bits per heavy atom. The summed E-state index contributed by atoms with van der Waals surface area (Å²) in [7, 11) is 1.90. The third kappa shape index (κ3) is 3.96. The number of rotatable bonds is 8. The number of nitrogens with two attached hydrogens (primary N) is 1. The quantitative estimate of drug-likeness (QED) is 0.695. The molecule has 0 aromatic carbocycles. The summed E-state index contributed by atoms with van der Waals surface area (Å²) in [6, 6.07) is 0.183. The first-order chi connectivity index (χ1) is 9.38. The lowest BCUT2D eigenvalue weighted by Crippen LogP contribution is -2.40. The number of nitrogens with one attached hydrogen (secondary N) is 1. The zero-order valence-corrected chi connectivity index (χ0v) is 13.2. The number of hydrogen-bond acceptors (Lipinski definition) is 4. The first-order valence-corrected chi connectivity index (χ1v) is 7.16. The van der Waals surface area contributed by atoms with Crippen molar-refractivity contribution in [3.05, 3.63) is 11.3 Å². The average molecular weight is 281 g/mol. The van der Waals surface area contributed by atoms with Gasteiger partial charge in [-0.25, -0.2) is 0 Å². The molecule has 0 spiro atoms. The molecule has 20 heavy (non-hydrogen) atoms. The van der Waals surface area contributed by atoms with Gasteiger partial charge in [-0.05, 0) is 33.7 Å². The van der Waals surface area contributed by atoms with E-state index in [1.54, 1.807) is 0 Å². The Labute approximate surface area is 121 Å². The highest BCUT2D eigenvalue weighted by atomic mass is 16.1. The molecule has 0 saturated heterocycles. The summed E-state index contributed by atoms with van der Waals surface area (Å²) in [5.41, 5.74) is 7.49. The maximum absolute atomic E-state index is 11.3. The zero-order valence-electron chi connectivity index (χ0n) is 13.2. The van der Waals surface area contributed by atoms with E-state index in [9.17, 15) is 4.79 Å². The van der Waals surface area contributed by atoms with E-state index in [1.165, 1.54) is 0 Å².